The summed E-state index contributed by atoms with van der Waals surface area (Å²) >= 11 is 0. The van der Waals surface area contributed by atoms with Crippen molar-refractivity contribution >= 4 is 17.5 Å². The van der Waals surface area contributed by atoms with Crippen molar-refractivity contribution < 1.29 is 19.4 Å². The van der Waals surface area contributed by atoms with Crippen LogP contribution in [0.3, 0.4) is 0 Å². The molecule has 0 aromatic heterocycles. The normalized spacial score (nSPS) is 15.6. The van der Waals surface area contributed by atoms with Gasteiger partial charge in [-0.15, -0.1) is 0 Å². The number of ether oxygens (including phenoxy) is 1. The molecule has 136 valence electrons. The minimum absolute atomic E-state index is 0.00343. The molecular formula is C20H22N2O4. The van der Waals surface area contributed by atoms with Crippen molar-refractivity contribution in [3.63, 3.8) is 0 Å². The van der Waals surface area contributed by atoms with Gasteiger partial charge in [-0.1, -0.05) is 30.3 Å². The number of rotatable bonds is 6. The number of benzene rings is 2. The second kappa shape index (κ2) is 7.58. The summed E-state index contributed by atoms with van der Waals surface area (Å²) in [6.45, 7) is -0.00343. The van der Waals surface area contributed by atoms with Crippen molar-refractivity contribution in [2.24, 2.45) is 5.92 Å². The van der Waals surface area contributed by atoms with Gasteiger partial charge in [-0.25, -0.2) is 0 Å². The molecule has 6 heteroatoms. The molecule has 2 aromatic carbocycles. The first-order valence-corrected chi connectivity index (χ1v) is 8.54. The van der Waals surface area contributed by atoms with Gasteiger partial charge in [-0.3, -0.25) is 9.59 Å². The Kier molecular flexibility index (Phi) is 5.23. The lowest BCUT2D eigenvalue weighted by Crippen LogP contribution is -2.45. The number of amides is 2. The van der Waals surface area contributed by atoms with Gasteiger partial charge >= 0.3 is 11.8 Å². The number of hydrogen-bond acceptors (Lipinski definition) is 4. The summed E-state index contributed by atoms with van der Waals surface area (Å²) in [6.07, 6.45) is 1.80. The summed E-state index contributed by atoms with van der Waals surface area (Å²) in [5, 5.41) is 16.1. The highest BCUT2D eigenvalue weighted by atomic mass is 16.5. The van der Waals surface area contributed by atoms with Gasteiger partial charge in [0.1, 0.15) is 11.4 Å². The van der Waals surface area contributed by atoms with Gasteiger partial charge in [-0.05, 0) is 48.6 Å². The lowest BCUT2D eigenvalue weighted by atomic mass is 9.88. The molecule has 0 saturated heterocycles. The van der Waals surface area contributed by atoms with Gasteiger partial charge in [0.05, 0.1) is 13.7 Å². The Hall–Kier alpha value is -2.86. The molecular weight excluding hydrogens is 332 g/mol. The quantitative estimate of drug-likeness (QED) is 0.693. The molecule has 0 heterocycles. The van der Waals surface area contributed by atoms with Gasteiger partial charge in [0.25, 0.3) is 0 Å². The number of aliphatic hydroxyl groups is 1. The van der Waals surface area contributed by atoms with Crippen LogP contribution in [-0.2, 0) is 15.2 Å². The molecule has 1 aliphatic rings. The number of anilines is 1. The number of nitrogens with one attached hydrogen (secondary N) is 2. The lowest BCUT2D eigenvalue weighted by Gasteiger charge is -2.29. The third-order valence-electron chi connectivity index (χ3n) is 4.60. The Balaban J connectivity index is 1.60. The second-order valence-electron chi connectivity index (χ2n) is 6.43. The Morgan fingerprint density at radius 3 is 2.31 bits per heavy atom. The average molecular weight is 354 g/mol. The maximum atomic E-state index is 12.1. The van der Waals surface area contributed by atoms with Crippen LogP contribution in [0.15, 0.2) is 54.6 Å². The molecule has 26 heavy (non-hydrogen) atoms. The Bertz CT molecular complexity index is 772. The summed E-state index contributed by atoms with van der Waals surface area (Å²) in [5.74, 6) is -0.808. The van der Waals surface area contributed by atoms with Crippen LogP contribution in [0.5, 0.6) is 5.75 Å². The lowest BCUT2D eigenvalue weighted by molar-refractivity contribution is -0.137. The van der Waals surface area contributed by atoms with Gasteiger partial charge in [0, 0.05) is 5.69 Å². The predicted octanol–water partition coefficient (Wildman–Crippen LogP) is 2.05. The Labute approximate surface area is 152 Å². The van der Waals surface area contributed by atoms with Crippen molar-refractivity contribution in [3.8, 4) is 5.75 Å². The van der Waals surface area contributed by atoms with Crippen molar-refractivity contribution in [3.05, 3.63) is 60.2 Å². The van der Waals surface area contributed by atoms with Crippen LogP contribution in [0.1, 0.15) is 18.4 Å². The molecule has 1 atom stereocenters. The van der Waals surface area contributed by atoms with E-state index in [-0.39, 0.29) is 12.5 Å². The number of methoxy groups -OCH3 is 1. The highest BCUT2D eigenvalue weighted by molar-refractivity contribution is 6.39. The van der Waals surface area contributed by atoms with Gasteiger partial charge in [0.2, 0.25) is 0 Å². The Morgan fingerprint density at radius 1 is 1.08 bits per heavy atom. The van der Waals surface area contributed by atoms with Crippen LogP contribution in [0.2, 0.25) is 0 Å². The van der Waals surface area contributed by atoms with E-state index in [1.54, 1.807) is 31.4 Å². The smallest absolute Gasteiger partial charge is 0.313 e. The summed E-state index contributed by atoms with van der Waals surface area (Å²) in [6, 6.07) is 15.9. The summed E-state index contributed by atoms with van der Waals surface area (Å²) in [4.78, 5) is 24.2. The third-order valence-corrected chi connectivity index (χ3v) is 4.60. The highest BCUT2D eigenvalue weighted by Gasteiger charge is 2.45. The van der Waals surface area contributed by atoms with Crippen LogP contribution in [-0.4, -0.2) is 30.6 Å². The molecule has 2 aromatic rings. The van der Waals surface area contributed by atoms with Crippen molar-refractivity contribution in [1.82, 2.24) is 5.32 Å². The SMILES string of the molecule is COc1ccc(NC(=O)C(=O)NC[C@@](O)(c2ccccc2)C2CC2)cc1. The average Bonchev–Trinajstić information content (AvgIpc) is 3.53. The number of carbonyl (C=O) groups excluding carboxylic acids is 2. The minimum Gasteiger partial charge on any atom is -0.497 e. The Morgan fingerprint density at radius 2 is 1.73 bits per heavy atom. The zero-order valence-corrected chi connectivity index (χ0v) is 14.6. The first kappa shape index (κ1) is 17.9. The first-order chi connectivity index (χ1) is 12.5. The molecule has 3 rings (SSSR count). The van der Waals surface area contributed by atoms with Gasteiger partial charge in [0.15, 0.2) is 0 Å². The molecule has 0 unspecified atom stereocenters. The maximum Gasteiger partial charge on any atom is 0.313 e. The fraction of sp³-hybridized carbons (Fsp3) is 0.300. The van der Waals surface area contributed by atoms with E-state index in [0.717, 1.165) is 18.4 Å². The molecule has 0 spiro atoms. The molecule has 1 saturated carbocycles. The molecule has 1 aliphatic carbocycles. The van der Waals surface area contributed by atoms with Crippen molar-refractivity contribution in [1.29, 1.82) is 0 Å². The first-order valence-electron chi connectivity index (χ1n) is 8.54. The van der Waals surface area contributed by atoms with Crippen molar-refractivity contribution in [2.75, 3.05) is 19.0 Å². The van der Waals surface area contributed by atoms with Crippen LogP contribution >= 0.6 is 0 Å². The molecule has 6 nitrogen and oxygen atoms in total. The fourth-order valence-electron chi connectivity index (χ4n) is 2.93. The van der Waals surface area contributed by atoms with E-state index in [4.69, 9.17) is 4.74 Å². The molecule has 2 amide bonds. The molecule has 0 radical (unpaired) electrons. The topological polar surface area (TPSA) is 87.7 Å². The zero-order valence-electron chi connectivity index (χ0n) is 14.6. The largest absolute Gasteiger partial charge is 0.497 e. The monoisotopic (exact) mass is 354 g/mol. The third kappa shape index (κ3) is 4.03. The van der Waals surface area contributed by atoms with Crippen LogP contribution < -0.4 is 15.4 Å². The van der Waals surface area contributed by atoms with E-state index in [1.807, 2.05) is 30.3 Å². The highest BCUT2D eigenvalue weighted by Crippen LogP contribution is 2.45. The minimum atomic E-state index is -1.16. The molecule has 1 fully saturated rings. The summed E-state index contributed by atoms with van der Waals surface area (Å²) in [7, 11) is 1.55. The number of hydrogen-bond donors (Lipinski definition) is 3. The fourth-order valence-corrected chi connectivity index (χ4v) is 2.93. The van der Waals surface area contributed by atoms with Crippen molar-refractivity contribution in [2.45, 2.75) is 18.4 Å². The number of carbonyl (C=O) groups is 2. The molecule has 0 aliphatic heterocycles. The maximum absolute atomic E-state index is 12.1. The van der Waals surface area contributed by atoms with E-state index in [0.29, 0.717) is 11.4 Å². The van der Waals surface area contributed by atoms with E-state index < -0.39 is 17.4 Å². The van der Waals surface area contributed by atoms with E-state index in [2.05, 4.69) is 10.6 Å². The van der Waals surface area contributed by atoms with E-state index in [1.165, 1.54) is 0 Å². The molecule has 0 bridgehead atoms. The van der Waals surface area contributed by atoms with Crippen LogP contribution in [0.4, 0.5) is 5.69 Å². The van der Waals surface area contributed by atoms with Crippen LogP contribution in [0, 0.1) is 5.92 Å². The summed E-state index contributed by atoms with van der Waals surface area (Å²) in [5.41, 5.74) is 0.0851. The predicted molar refractivity (Wildman–Crippen MR) is 97.7 cm³/mol. The molecule has 3 N–H and O–H groups in total. The van der Waals surface area contributed by atoms with Gasteiger partial charge in [-0.2, -0.15) is 0 Å². The standard InChI is InChI=1S/C20H22N2O4/c1-26-17-11-9-16(10-12-17)22-19(24)18(23)21-13-20(25,15-7-8-15)14-5-3-2-4-6-14/h2-6,9-12,15,25H,7-8,13H2,1H3,(H,21,23)(H,22,24)/t20-/m1/s1. The second-order valence-corrected chi connectivity index (χ2v) is 6.43. The van der Waals surface area contributed by atoms with Crippen LogP contribution in [0.25, 0.3) is 0 Å². The van der Waals surface area contributed by atoms with E-state index in [9.17, 15) is 14.7 Å². The van der Waals surface area contributed by atoms with E-state index >= 15 is 0 Å². The zero-order chi connectivity index (χ0) is 18.6. The van der Waals surface area contributed by atoms with Gasteiger partial charge < -0.3 is 20.5 Å². The summed E-state index contributed by atoms with van der Waals surface area (Å²) < 4.78 is 5.05.